The van der Waals surface area contributed by atoms with Gasteiger partial charge in [-0.3, -0.25) is 10.1 Å². The molecule has 0 aliphatic heterocycles. The van der Waals surface area contributed by atoms with Gasteiger partial charge in [-0.15, -0.1) is 0 Å². The zero-order chi connectivity index (χ0) is 10.6. The summed E-state index contributed by atoms with van der Waals surface area (Å²) in [5, 5.41) is 7.87. The van der Waals surface area contributed by atoms with Gasteiger partial charge in [0.05, 0.1) is 0 Å². The molecular weight excluding hydrogens is 162 g/mol. The number of hydrogen-bond donors (Lipinski definition) is 1. The van der Waals surface area contributed by atoms with Crippen LogP contribution in [0.25, 0.3) is 5.84 Å². The maximum atomic E-state index is 7.87. The van der Waals surface area contributed by atoms with Crippen LogP contribution in [0.3, 0.4) is 0 Å². The molecule has 2 N–H and O–H groups in total. The molecule has 0 radical (unpaired) electrons. The minimum Gasteiger partial charge on any atom is -0.454 e. The van der Waals surface area contributed by atoms with Crippen molar-refractivity contribution in [2.24, 2.45) is 11.8 Å². The van der Waals surface area contributed by atoms with Crippen LogP contribution in [-0.2, 0) is 0 Å². The zero-order valence-corrected chi connectivity index (χ0v) is 9.31. The normalized spacial score (nSPS) is 13.5. The van der Waals surface area contributed by atoms with Crippen molar-refractivity contribution in [1.82, 2.24) is 0 Å². The van der Waals surface area contributed by atoms with Crippen LogP contribution in [0.5, 0.6) is 0 Å². The molecule has 0 fully saturated rings. The van der Waals surface area contributed by atoms with E-state index >= 15 is 0 Å². The smallest absolute Gasteiger partial charge is 0.195 e. The molecule has 0 aliphatic rings. The molecule has 13 heavy (non-hydrogen) atoms. The van der Waals surface area contributed by atoms with E-state index in [-0.39, 0.29) is 11.8 Å². The van der Waals surface area contributed by atoms with Crippen molar-refractivity contribution in [3.63, 3.8) is 0 Å². The maximum absolute atomic E-state index is 7.87. The van der Waals surface area contributed by atoms with Gasteiger partial charge in [-0.1, -0.05) is 27.7 Å². The Morgan fingerprint density at radius 1 is 1.23 bits per heavy atom. The molecule has 3 nitrogen and oxygen atoms in total. The van der Waals surface area contributed by atoms with Crippen molar-refractivity contribution in [3.05, 3.63) is 5.84 Å². The second-order valence-corrected chi connectivity index (χ2v) is 3.85. The third-order valence-electron chi connectivity index (χ3n) is 2.01. The standard InChI is InChI=1S/C10H21N3/c1-6-13(12)10(8(4)5)9(11)7(2)3/h7-8,11-12H,6H2,1-5H3/b11-9?,13-10+,13-12?. The van der Waals surface area contributed by atoms with Crippen LogP contribution in [0.15, 0.2) is 0 Å². The summed E-state index contributed by atoms with van der Waals surface area (Å²) < 4.78 is 1.42. The number of hydrogen-bond acceptors (Lipinski definition) is 1. The Morgan fingerprint density at radius 3 is 1.92 bits per heavy atom. The highest BCUT2D eigenvalue weighted by Gasteiger charge is 2.21. The van der Waals surface area contributed by atoms with Gasteiger partial charge in [0.1, 0.15) is 12.3 Å². The average Bonchev–Trinajstić information content (AvgIpc) is 2.03. The lowest BCUT2D eigenvalue weighted by molar-refractivity contribution is -0.454. The van der Waals surface area contributed by atoms with Crippen molar-refractivity contribution in [2.75, 3.05) is 6.54 Å². The first kappa shape index (κ1) is 12.1. The molecule has 0 unspecified atom stereocenters. The highest BCUT2D eigenvalue weighted by molar-refractivity contribution is 6.40. The first-order valence-electron chi connectivity index (χ1n) is 4.86. The quantitative estimate of drug-likeness (QED) is 0.396. The van der Waals surface area contributed by atoms with E-state index in [9.17, 15) is 0 Å². The molecule has 0 saturated carbocycles. The Hall–Kier alpha value is -0.860. The SMILES string of the molecule is CC/[N+]([NH-])=C(\C(=N)C(C)C)C(C)C. The molecule has 0 bridgehead atoms. The van der Waals surface area contributed by atoms with E-state index in [1.807, 2.05) is 34.6 Å². The first-order valence-corrected chi connectivity index (χ1v) is 4.86. The molecule has 0 rings (SSSR count). The monoisotopic (exact) mass is 183 g/mol. The summed E-state index contributed by atoms with van der Waals surface area (Å²) in [6.07, 6.45) is 0. The summed E-state index contributed by atoms with van der Waals surface area (Å²) in [5.74, 6) is 8.15. The number of nitrogens with zero attached hydrogens (tertiary/aromatic N) is 1. The molecule has 0 aromatic rings. The van der Waals surface area contributed by atoms with Crippen LogP contribution in [0.2, 0.25) is 0 Å². The van der Waals surface area contributed by atoms with Crippen molar-refractivity contribution in [1.29, 1.82) is 5.41 Å². The lowest BCUT2D eigenvalue weighted by Crippen LogP contribution is -2.31. The second kappa shape index (κ2) is 5.00. The van der Waals surface area contributed by atoms with Crippen LogP contribution in [0.4, 0.5) is 0 Å². The molecule has 0 heterocycles. The van der Waals surface area contributed by atoms with Crippen molar-refractivity contribution in [3.8, 4) is 0 Å². The molecule has 0 saturated heterocycles. The van der Waals surface area contributed by atoms with Gasteiger partial charge in [0, 0.05) is 11.8 Å². The molecule has 0 amide bonds. The Labute approximate surface area is 81.1 Å². The summed E-state index contributed by atoms with van der Waals surface area (Å²) in [6, 6.07) is 0. The fraction of sp³-hybridized carbons (Fsp3) is 0.800. The highest BCUT2D eigenvalue weighted by Crippen LogP contribution is 2.06. The fourth-order valence-electron chi connectivity index (χ4n) is 1.23. The van der Waals surface area contributed by atoms with Gasteiger partial charge in [-0.25, -0.2) is 0 Å². The molecule has 0 aromatic carbocycles. The van der Waals surface area contributed by atoms with Crippen LogP contribution >= 0.6 is 0 Å². The molecule has 3 heteroatoms. The predicted molar refractivity (Wildman–Crippen MR) is 57.5 cm³/mol. The third-order valence-corrected chi connectivity index (χ3v) is 2.01. The Bertz CT molecular complexity index is 214. The lowest BCUT2D eigenvalue weighted by Gasteiger charge is -2.15. The molecular formula is C10H21N3. The lowest BCUT2D eigenvalue weighted by atomic mass is 9.95. The van der Waals surface area contributed by atoms with Crippen molar-refractivity contribution in [2.45, 2.75) is 34.6 Å². The van der Waals surface area contributed by atoms with Crippen LogP contribution in [-0.4, -0.2) is 22.7 Å². The second-order valence-electron chi connectivity index (χ2n) is 3.85. The number of nitrogens with one attached hydrogen (secondary N) is 2. The van der Waals surface area contributed by atoms with Gasteiger partial charge < -0.3 is 5.84 Å². The Kier molecular flexibility index (Phi) is 4.67. The van der Waals surface area contributed by atoms with E-state index in [0.29, 0.717) is 12.3 Å². The van der Waals surface area contributed by atoms with Crippen molar-refractivity contribution < 1.29 is 4.68 Å². The largest absolute Gasteiger partial charge is 0.454 e. The van der Waals surface area contributed by atoms with Crippen LogP contribution in [0, 0.1) is 17.2 Å². The molecule has 0 spiro atoms. The maximum Gasteiger partial charge on any atom is 0.195 e. The molecule has 0 atom stereocenters. The van der Waals surface area contributed by atoms with Crippen molar-refractivity contribution >= 4 is 11.4 Å². The Morgan fingerprint density at radius 2 is 1.69 bits per heavy atom. The van der Waals surface area contributed by atoms with Crippen LogP contribution < -0.4 is 0 Å². The number of rotatable bonds is 4. The summed E-state index contributed by atoms with van der Waals surface area (Å²) in [5.41, 5.74) is 1.43. The summed E-state index contributed by atoms with van der Waals surface area (Å²) >= 11 is 0. The van der Waals surface area contributed by atoms with E-state index in [0.717, 1.165) is 5.71 Å². The topological polar surface area (TPSA) is 50.7 Å². The predicted octanol–water partition coefficient (Wildman–Crippen LogP) is 2.76. The van der Waals surface area contributed by atoms with Crippen LogP contribution in [0.1, 0.15) is 34.6 Å². The zero-order valence-electron chi connectivity index (χ0n) is 9.31. The minimum atomic E-state index is 0.205. The fourth-order valence-corrected chi connectivity index (χ4v) is 1.23. The van der Waals surface area contributed by atoms with E-state index in [1.54, 1.807) is 0 Å². The summed E-state index contributed by atoms with van der Waals surface area (Å²) in [7, 11) is 0. The van der Waals surface area contributed by atoms with Gasteiger partial charge in [-0.05, 0) is 6.92 Å². The van der Waals surface area contributed by atoms with E-state index < -0.39 is 0 Å². The minimum absolute atomic E-state index is 0.205. The Balaban J connectivity index is 4.94. The third kappa shape index (κ3) is 3.17. The van der Waals surface area contributed by atoms with E-state index in [4.69, 9.17) is 11.3 Å². The van der Waals surface area contributed by atoms with E-state index in [2.05, 4.69) is 0 Å². The molecule has 0 aromatic heterocycles. The summed E-state index contributed by atoms with van der Waals surface area (Å²) in [4.78, 5) is 0. The van der Waals surface area contributed by atoms with Gasteiger partial charge in [0.25, 0.3) is 0 Å². The van der Waals surface area contributed by atoms with Gasteiger partial charge in [-0.2, -0.15) is 0 Å². The van der Waals surface area contributed by atoms with E-state index in [1.165, 1.54) is 4.68 Å². The van der Waals surface area contributed by atoms with Gasteiger partial charge in [0.15, 0.2) is 5.71 Å². The average molecular weight is 183 g/mol. The molecule has 76 valence electrons. The highest BCUT2D eigenvalue weighted by atomic mass is 15.3. The summed E-state index contributed by atoms with van der Waals surface area (Å²) in [6.45, 7) is 10.6. The van der Waals surface area contributed by atoms with Gasteiger partial charge >= 0.3 is 0 Å². The molecule has 0 aliphatic carbocycles. The van der Waals surface area contributed by atoms with Gasteiger partial charge in [0.2, 0.25) is 0 Å². The first-order chi connectivity index (χ1) is 5.91.